The summed E-state index contributed by atoms with van der Waals surface area (Å²) in [5.41, 5.74) is 2.80. The molecule has 0 amide bonds. The number of hydrogen-bond acceptors (Lipinski definition) is 4. The van der Waals surface area contributed by atoms with E-state index in [4.69, 9.17) is 19.3 Å². The molecular formula is C27H29FO5. The third kappa shape index (κ3) is 6.48. The average molecular weight is 453 g/mol. The molecule has 1 N–H and O–H groups in total. The number of halogens is 1. The summed E-state index contributed by atoms with van der Waals surface area (Å²) in [7, 11) is 1.54. The van der Waals surface area contributed by atoms with Crippen LogP contribution in [-0.4, -0.2) is 24.3 Å². The first-order chi connectivity index (χ1) is 15.8. The third-order valence-electron chi connectivity index (χ3n) is 5.19. The van der Waals surface area contributed by atoms with Crippen LogP contribution >= 0.6 is 0 Å². The van der Waals surface area contributed by atoms with Gasteiger partial charge in [0.05, 0.1) is 19.6 Å². The Balaban J connectivity index is 1.83. The van der Waals surface area contributed by atoms with Gasteiger partial charge in [-0.2, -0.15) is 0 Å². The minimum atomic E-state index is -0.834. The topological polar surface area (TPSA) is 65.0 Å². The van der Waals surface area contributed by atoms with Gasteiger partial charge >= 0.3 is 5.97 Å². The van der Waals surface area contributed by atoms with Gasteiger partial charge in [0.15, 0.2) is 0 Å². The van der Waals surface area contributed by atoms with Crippen molar-refractivity contribution in [1.29, 1.82) is 0 Å². The number of benzene rings is 3. The summed E-state index contributed by atoms with van der Waals surface area (Å²) in [4.78, 5) is 11.0. The Morgan fingerprint density at radius 2 is 1.76 bits per heavy atom. The van der Waals surface area contributed by atoms with E-state index in [1.807, 2.05) is 63.2 Å². The van der Waals surface area contributed by atoms with E-state index < -0.39 is 5.97 Å². The largest absolute Gasteiger partial charge is 0.497 e. The number of ether oxygens (including phenoxy) is 3. The van der Waals surface area contributed by atoms with Crippen molar-refractivity contribution in [1.82, 2.24) is 0 Å². The molecule has 0 saturated carbocycles. The smallest absolute Gasteiger partial charge is 0.303 e. The quantitative estimate of drug-likeness (QED) is 0.383. The number of carboxylic acid groups (broad SMARTS) is 1. The maximum atomic E-state index is 14.6. The predicted octanol–water partition coefficient (Wildman–Crippen LogP) is 6.45. The maximum Gasteiger partial charge on any atom is 0.303 e. The number of methoxy groups -OCH3 is 1. The molecule has 1 atom stereocenters. The highest BCUT2D eigenvalue weighted by molar-refractivity contribution is 5.72. The molecule has 0 fully saturated rings. The molecule has 3 rings (SSSR count). The zero-order valence-electron chi connectivity index (χ0n) is 19.3. The molecule has 0 radical (unpaired) electrons. The van der Waals surface area contributed by atoms with E-state index in [0.29, 0.717) is 28.4 Å². The number of carboxylic acids is 1. The van der Waals surface area contributed by atoms with Crippen LogP contribution in [0.25, 0.3) is 11.1 Å². The lowest BCUT2D eigenvalue weighted by molar-refractivity contribution is -0.137. The van der Waals surface area contributed by atoms with Crippen LogP contribution < -0.4 is 14.2 Å². The zero-order chi connectivity index (χ0) is 24.0. The Labute approximate surface area is 193 Å². The molecule has 0 heterocycles. The van der Waals surface area contributed by atoms with Gasteiger partial charge < -0.3 is 19.3 Å². The van der Waals surface area contributed by atoms with Crippen LogP contribution in [-0.2, 0) is 11.4 Å². The molecule has 6 heteroatoms. The molecule has 3 aromatic carbocycles. The number of aliphatic carboxylic acids is 1. The Kier molecular flexibility index (Phi) is 7.93. The second-order valence-corrected chi connectivity index (χ2v) is 8.20. The molecule has 5 nitrogen and oxygen atoms in total. The molecule has 174 valence electrons. The van der Waals surface area contributed by atoms with Crippen molar-refractivity contribution in [3.8, 4) is 28.4 Å². The lowest BCUT2D eigenvalue weighted by atomic mass is 9.98. The monoisotopic (exact) mass is 452 g/mol. The van der Waals surface area contributed by atoms with Crippen LogP contribution in [0.5, 0.6) is 17.2 Å². The molecular weight excluding hydrogens is 423 g/mol. The van der Waals surface area contributed by atoms with Gasteiger partial charge in [0.25, 0.3) is 0 Å². The molecule has 0 aromatic heterocycles. The van der Waals surface area contributed by atoms with E-state index in [9.17, 15) is 9.18 Å². The van der Waals surface area contributed by atoms with Gasteiger partial charge in [0, 0.05) is 11.1 Å². The van der Waals surface area contributed by atoms with E-state index in [-0.39, 0.29) is 30.9 Å². The fourth-order valence-electron chi connectivity index (χ4n) is 3.53. The Hall–Kier alpha value is -3.54. The molecule has 0 aliphatic carbocycles. The van der Waals surface area contributed by atoms with Crippen molar-refractivity contribution in [3.05, 3.63) is 77.6 Å². The molecule has 33 heavy (non-hydrogen) atoms. The van der Waals surface area contributed by atoms with Crippen LogP contribution in [0.2, 0.25) is 0 Å². The molecule has 0 bridgehead atoms. The van der Waals surface area contributed by atoms with Crippen molar-refractivity contribution in [2.24, 2.45) is 0 Å². The first-order valence-electron chi connectivity index (χ1n) is 10.8. The number of rotatable bonds is 10. The Bertz CT molecular complexity index is 1110. The van der Waals surface area contributed by atoms with Gasteiger partial charge in [-0.15, -0.1) is 0 Å². The van der Waals surface area contributed by atoms with Gasteiger partial charge in [-0.05, 0) is 67.3 Å². The maximum absolute atomic E-state index is 14.6. The first-order valence-corrected chi connectivity index (χ1v) is 10.8. The summed E-state index contributed by atoms with van der Waals surface area (Å²) < 4.78 is 31.8. The van der Waals surface area contributed by atoms with E-state index in [0.717, 1.165) is 11.1 Å². The standard InChI is InChI=1S/C27H29FO5/c1-17(2)33-26-13-19(8-10-23(26)24-15-21(31-4)9-11-25(24)28)16-32-22-7-5-6-20(14-22)18(3)12-27(29)30/h5-11,13-15,17-18H,12,16H2,1-4H3,(H,29,30)/t18-/m1/s1. The van der Waals surface area contributed by atoms with Crippen LogP contribution in [0.15, 0.2) is 60.7 Å². The molecule has 0 unspecified atom stereocenters. The summed E-state index contributed by atoms with van der Waals surface area (Å²) >= 11 is 0. The van der Waals surface area contributed by atoms with E-state index in [2.05, 4.69) is 0 Å². The van der Waals surface area contributed by atoms with Gasteiger partial charge in [-0.1, -0.05) is 31.2 Å². The van der Waals surface area contributed by atoms with Gasteiger partial charge in [-0.25, -0.2) is 4.39 Å². The van der Waals surface area contributed by atoms with Crippen molar-refractivity contribution < 1.29 is 28.5 Å². The Morgan fingerprint density at radius 1 is 0.970 bits per heavy atom. The van der Waals surface area contributed by atoms with Gasteiger partial charge in [0.1, 0.15) is 29.7 Å². The average Bonchev–Trinajstić information content (AvgIpc) is 2.78. The second-order valence-electron chi connectivity index (χ2n) is 8.20. The zero-order valence-corrected chi connectivity index (χ0v) is 19.3. The van der Waals surface area contributed by atoms with Gasteiger partial charge in [0.2, 0.25) is 0 Å². The van der Waals surface area contributed by atoms with Crippen molar-refractivity contribution in [3.63, 3.8) is 0 Å². The fourth-order valence-corrected chi connectivity index (χ4v) is 3.53. The minimum absolute atomic E-state index is 0.0572. The van der Waals surface area contributed by atoms with Gasteiger partial charge in [-0.3, -0.25) is 4.79 Å². The van der Waals surface area contributed by atoms with Crippen molar-refractivity contribution in [2.75, 3.05) is 7.11 Å². The molecule has 3 aromatic rings. The third-order valence-corrected chi connectivity index (χ3v) is 5.19. The summed E-state index contributed by atoms with van der Waals surface area (Å²) in [5, 5.41) is 9.03. The summed E-state index contributed by atoms with van der Waals surface area (Å²) in [6.07, 6.45) is -0.0391. The van der Waals surface area contributed by atoms with Crippen LogP contribution in [0.4, 0.5) is 4.39 Å². The lowest BCUT2D eigenvalue weighted by Gasteiger charge is -2.17. The van der Waals surface area contributed by atoms with E-state index >= 15 is 0 Å². The minimum Gasteiger partial charge on any atom is -0.497 e. The normalized spacial score (nSPS) is 11.8. The highest BCUT2D eigenvalue weighted by atomic mass is 19.1. The molecule has 0 aliphatic rings. The highest BCUT2D eigenvalue weighted by Gasteiger charge is 2.15. The number of hydrogen-bond donors (Lipinski definition) is 1. The summed E-state index contributed by atoms with van der Waals surface area (Å²) in [5.74, 6) is 0.460. The SMILES string of the molecule is COc1ccc(F)c(-c2ccc(COc3cccc([C@H](C)CC(=O)O)c3)cc2OC(C)C)c1. The predicted molar refractivity (Wildman–Crippen MR) is 126 cm³/mol. The lowest BCUT2D eigenvalue weighted by Crippen LogP contribution is -2.08. The fraction of sp³-hybridized carbons (Fsp3) is 0.296. The van der Waals surface area contributed by atoms with E-state index in [1.54, 1.807) is 19.2 Å². The summed E-state index contributed by atoms with van der Waals surface area (Å²) in [6, 6.07) is 17.6. The second kappa shape index (κ2) is 10.9. The van der Waals surface area contributed by atoms with Crippen molar-refractivity contribution >= 4 is 5.97 Å². The first kappa shape index (κ1) is 24.1. The molecule has 0 aliphatic heterocycles. The summed E-state index contributed by atoms with van der Waals surface area (Å²) in [6.45, 7) is 5.99. The van der Waals surface area contributed by atoms with E-state index in [1.165, 1.54) is 6.07 Å². The van der Waals surface area contributed by atoms with Crippen molar-refractivity contribution in [2.45, 2.75) is 45.8 Å². The van der Waals surface area contributed by atoms with Crippen LogP contribution in [0.1, 0.15) is 44.2 Å². The molecule has 0 spiro atoms. The highest BCUT2D eigenvalue weighted by Crippen LogP contribution is 2.36. The number of carbonyl (C=O) groups is 1. The van der Waals surface area contributed by atoms with Crippen LogP contribution in [0.3, 0.4) is 0 Å². The van der Waals surface area contributed by atoms with Crippen LogP contribution in [0, 0.1) is 5.82 Å². The Morgan fingerprint density at radius 3 is 2.45 bits per heavy atom. The molecule has 0 saturated heterocycles.